The molecule has 3 nitrogen and oxygen atoms in total. The number of nitrogens with one attached hydrogen (secondary N) is 1. The predicted octanol–water partition coefficient (Wildman–Crippen LogP) is 1.47. The highest BCUT2D eigenvalue weighted by molar-refractivity contribution is 7.14. The molecule has 0 spiro atoms. The molecule has 1 heterocycles. The highest BCUT2D eigenvalue weighted by atomic mass is 32.1. The van der Waals surface area contributed by atoms with Crippen LogP contribution in [0.5, 0.6) is 0 Å². The zero-order valence-electron chi connectivity index (χ0n) is 4.44. The maximum Gasteiger partial charge on any atom is 0.445 e. The molecule has 0 aromatic carbocycles. The van der Waals surface area contributed by atoms with E-state index in [2.05, 4.69) is 10.2 Å². The van der Waals surface area contributed by atoms with Gasteiger partial charge in [-0.3, -0.25) is 5.73 Å². The summed E-state index contributed by atoms with van der Waals surface area (Å²) in [6.07, 6.45) is -4.46. The summed E-state index contributed by atoms with van der Waals surface area (Å²) >= 11 is 0.214. The van der Waals surface area contributed by atoms with Gasteiger partial charge in [-0.05, 0) is 0 Å². The monoisotopic (exact) mass is 168 g/mol. The van der Waals surface area contributed by atoms with Crippen LogP contribution in [-0.4, -0.2) is 10.2 Å². The SMILES string of the molecule is [NH]c1nnc(C(F)(F)F)s1. The first-order valence-corrected chi connectivity index (χ1v) is 2.94. The number of aromatic nitrogens is 2. The van der Waals surface area contributed by atoms with Crippen LogP contribution in [-0.2, 0) is 6.18 Å². The molecule has 1 aromatic heterocycles. The number of halogens is 3. The van der Waals surface area contributed by atoms with Crippen molar-refractivity contribution in [3.63, 3.8) is 0 Å². The summed E-state index contributed by atoms with van der Waals surface area (Å²) in [4.78, 5) is 0. The maximum atomic E-state index is 11.6. The van der Waals surface area contributed by atoms with E-state index in [4.69, 9.17) is 5.73 Å². The van der Waals surface area contributed by atoms with Crippen LogP contribution in [0.3, 0.4) is 0 Å². The Hall–Kier alpha value is -0.850. The Labute approximate surface area is 57.7 Å². The first kappa shape index (κ1) is 7.26. The van der Waals surface area contributed by atoms with Crippen LogP contribution in [0.2, 0.25) is 0 Å². The lowest BCUT2D eigenvalue weighted by Gasteiger charge is -1.96. The van der Waals surface area contributed by atoms with Gasteiger partial charge in [-0.25, -0.2) is 0 Å². The molecular formula is C3HF3N3S. The van der Waals surface area contributed by atoms with Gasteiger partial charge in [0.2, 0.25) is 10.1 Å². The fraction of sp³-hybridized carbons (Fsp3) is 0.333. The Morgan fingerprint density at radius 1 is 1.30 bits per heavy atom. The Bertz CT molecular complexity index is 229. The van der Waals surface area contributed by atoms with Crippen molar-refractivity contribution < 1.29 is 13.2 Å². The second-order valence-corrected chi connectivity index (χ2v) is 2.39. The van der Waals surface area contributed by atoms with Gasteiger partial charge in [0.25, 0.3) is 0 Å². The van der Waals surface area contributed by atoms with Gasteiger partial charge in [0, 0.05) is 0 Å². The van der Waals surface area contributed by atoms with Crippen molar-refractivity contribution in [2.75, 3.05) is 0 Å². The second-order valence-electron chi connectivity index (χ2n) is 1.41. The molecule has 1 rings (SSSR count). The number of rotatable bonds is 0. The highest BCUT2D eigenvalue weighted by Gasteiger charge is 2.35. The molecule has 0 saturated carbocycles. The lowest BCUT2D eigenvalue weighted by molar-refractivity contribution is -0.138. The summed E-state index contributed by atoms with van der Waals surface area (Å²) in [5.41, 5.74) is 6.64. The summed E-state index contributed by atoms with van der Waals surface area (Å²) in [5.74, 6) is 0. The van der Waals surface area contributed by atoms with Gasteiger partial charge in [0.05, 0.1) is 0 Å². The molecule has 0 unspecified atom stereocenters. The normalized spacial score (nSPS) is 11.9. The maximum absolute atomic E-state index is 11.6. The minimum absolute atomic E-state index is 0.214. The topological polar surface area (TPSA) is 49.6 Å². The van der Waals surface area contributed by atoms with Crippen molar-refractivity contribution in [2.45, 2.75) is 6.18 Å². The van der Waals surface area contributed by atoms with Gasteiger partial charge < -0.3 is 0 Å². The van der Waals surface area contributed by atoms with Gasteiger partial charge >= 0.3 is 6.18 Å². The van der Waals surface area contributed by atoms with E-state index in [0.29, 0.717) is 0 Å². The van der Waals surface area contributed by atoms with E-state index in [0.717, 1.165) is 0 Å². The van der Waals surface area contributed by atoms with E-state index >= 15 is 0 Å². The van der Waals surface area contributed by atoms with Crippen LogP contribution < -0.4 is 5.73 Å². The third-order valence-electron chi connectivity index (χ3n) is 0.667. The first-order valence-electron chi connectivity index (χ1n) is 2.12. The smallest absolute Gasteiger partial charge is 0.272 e. The number of hydrogen-bond donors (Lipinski definition) is 0. The van der Waals surface area contributed by atoms with E-state index in [1.54, 1.807) is 0 Å². The van der Waals surface area contributed by atoms with E-state index in [-0.39, 0.29) is 11.3 Å². The van der Waals surface area contributed by atoms with Crippen molar-refractivity contribution in [1.29, 1.82) is 0 Å². The lowest BCUT2D eigenvalue weighted by atomic mass is 10.7. The minimum Gasteiger partial charge on any atom is -0.272 e. The van der Waals surface area contributed by atoms with Crippen molar-refractivity contribution in [2.24, 2.45) is 0 Å². The molecule has 0 aliphatic heterocycles. The Morgan fingerprint density at radius 2 is 1.90 bits per heavy atom. The largest absolute Gasteiger partial charge is 0.445 e. The van der Waals surface area contributed by atoms with Crippen LogP contribution in [0.25, 0.3) is 0 Å². The number of alkyl halides is 3. The molecule has 10 heavy (non-hydrogen) atoms. The molecule has 1 N–H and O–H groups in total. The summed E-state index contributed by atoms with van der Waals surface area (Å²) in [7, 11) is 0. The minimum atomic E-state index is -4.46. The van der Waals surface area contributed by atoms with E-state index in [9.17, 15) is 13.2 Å². The van der Waals surface area contributed by atoms with Gasteiger partial charge in [-0.15, -0.1) is 10.2 Å². The standard InChI is InChI=1S/C3HF3N3S/c4-3(5,6)1-8-9-2(7)10-1/h7H. The van der Waals surface area contributed by atoms with E-state index in [1.807, 2.05) is 0 Å². The Balaban J connectivity index is 2.96. The van der Waals surface area contributed by atoms with Crippen LogP contribution in [0, 0.1) is 0 Å². The van der Waals surface area contributed by atoms with E-state index in [1.165, 1.54) is 0 Å². The Kier molecular flexibility index (Phi) is 1.51. The molecule has 1 aromatic rings. The number of nitrogens with zero attached hydrogens (tertiary/aromatic N) is 2. The summed E-state index contributed by atoms with van der Waals surface area (Å²) in [6.45, 7) is 0. The lowest BCUT2D eigenvalue weighted by Crippen LogP contribution is -2.03. The van der Waals surface area contributed by atoms with Gasteiger partial charge in [-0.1, -0.05) is 11.3 Å². The molecule has 1 radical (unpaired) electrons. The predicted molar refractivity (Wildman–Crippen MR) is 27.7 cm³/mol. The van der Waals surface area contributed by atoms with Crippen molar-refractivity contribution in [3.8, 4) is 0 Å². The highest BCUT2D eigenvalue weighted by Crippen LogP contribution is 2.32. The molecule has 0 aliphatic carbocycles. The Morgan fingerprint density at radius 3 is 2.10 bits per heavy atom. The molecule has 0 saturated heterocycles. The number of hydrogen-bond acceptors (Lipinski definition) is 3. The molecule has 0 atom stereocenters. The zero-order chi connectivity index (χ0) is 7.78. The van der Waals surface area contributed by atoms with Crippen molar-refractivity contribution in [1.82, 2.24) is 15.9 Å². The van der Waals surface area contributed by atoms with Crippen LogP contribution >= 0.6 is 11.3 Å². The third kappa shape index (κ3) is 1.35. The zero-order valence-corrected chi connectivity index (χ0v) is 5.25. The van der Waals surface area contributed by atoms with Crippen LogP contribution in [0.15, 0.2) is 0 Å². The van der Waals surface area contributed by atoms with Crippen molar-refractivity contribution >= 4 is 16.5 Å². The van der Waals surface area contributed by atoms with Gasteiger partial charge in [0.15, 0.2) is 0 Å². The summed E-state index contributed by atoms with van der Waals surface area (Å²) in [6, 6.07) is 0. The average molecular weight is 168 g/mol. The van der Waals surface area contributed by atoms with Crippen LogP contribution in [0.4, 0.5) is 18.3 Å². The van der Waals surface area contributed by atoms with E-state index < -0.39 is 16.3 Å². The molecule has 55 valence electrons. The van der Waals surface area contributed by atoms with Gasteiger partial charge in [0.1, 0.15) is 0 Å². The fourth-order valence-electron chi connectivity index (χ4n) is 0.338. The molecule has 7 heteroatoms. The molecule has 0 bridgehead atoms. The molecule has 0 aliphatic rings. The molecule has 0 fully saturated rings. The fourth-order valence-corrected chi connectivity index (χ4v) is 0.800. The van der Waals surface area contributed by atoms with Crippen LogP contribution in [0.1, 0.15) is 5.01 Å². The quantitative estimate of drug-likeness (QED) is 0.588. The second kappa shape index (κ2) is 2.08. The first-order chi connectivity index (χ1) is 4.50. The summed E-state index contributed by atoms with van der Waals surface area (Å²) in [5, 5.41) is 4.15. The average Bonchev–Trinajstić information content (AvgIpc) is 2.11. The molecular weight excluding hydrogens is 167 g/mol. The third-order valence-corrected chi connectivity index (χ3v) is 1.45. The summed E-state index contributed by atoms with van der Waals surface area (Å²) < 4.78 is 34.9. The van der Waals surface area contributed by atoms with Gasteiger partial charge in [-0.2, -0.15) is 13.2 Å². The molecule has 0 amide bonds. The van der Waals surface area contributed by atoms with Crippen molar-refractivity contribution in [3.05, 3.63) is 5.01 Å².